The first kappa shape index (κ1) is 32.7. The zero-order chi connectivity index (χ0) is 30.3. The van der Waals surface area contributed by atoms with Crippen molar-refractivity contribution in [1.29, 1.82) is 0 Å². The highest BCUT2D eigenvalue weighted by Gasteiger charge is 2.35. The minimum Gasteiger partial charge on any atom is -0.352 e. The van der Waals surface area contributed by atoms with E-state index in [-0.39, 0.29) is 39.1 Å². The van der Waals surface area contributed by atoms with E-state index in [1.165, 1.54) is 29.2 Å². The van der Waals surface area contributed by atoms with Crippen LogP contribution in [0.1, 0.15) is 44.7 Å². The Morgan fingerprint density at radius 2 is 1.54 bits per heavy atom. The minimum atomic E-state index is -4.27. The van der Waals surface area contributed by atoms with Gasteiger partial charge in [0.1, 0.15) is 12.6 Å². The van der Waals surface area contributed by atoms with Gasteiger partial charge in [-0.3, -0.25) is 13.9 Å². The lowest BCUT2D eigenvalue weighted by molar-refractivity contribution is -0.140. The molecule has 0 saturated heterocycles. The zero-order valence-electron chi connectivity index (χ0n) is 23.4. The summed E-state index contributed by atoms with van der Waals surface area (Å²) < 4.78 is 28.9. The minimum absolute atomic E-state index is 0.0107. The van der Waals surface area contributed by atoms with E-state index in [4.69, 9.17) is 34.8 Å². The summed E-state index contributed by atoms with van der Waals surface area (Å²) in [6.07, 6.45) is 1.02. The number of carbonyl (C=O) groups excluding carboxylic acids is 2. The van der Waals surface area contributed by atoms with Crippen LogP contribution < -0.4 is 9.62 Å². The molecule has 0 saturated carbocycles. The van der Waals surface area contributed by atoms with Gasteiger partial charge < -0.3 is 10.2 Å². The van der Waals surface area contributed by atoms with Crippen molar-refractivity contribution >= 4 is 62.3 Å². The number of amides is 2. The molecule has 0 aliphatic carbocycles. The SMILES string of the molecule is CC[C@H](C)NC(=O)[C@H](CC)N(Cc1ccc(Cl)cc1)C(=O)CN(c1cccc(Cl)c1Cl)S(=O)(=O)c1ccc(C)cc1. The highest BCUT2D eigenvalue weighted by atomic mass is 35.5. The van der Waals surface area contributed by atoms with Crippen LogP contribution in [-0.2, 0) is 26.2 Å². The van der Waals surface area contributed by atoms with Crippen molar-refractivity contribution in [3.05, 3.63) is 92.9 Å². The van der Waals surface area contributed by atoms with Crippen molar-refractivity contribution in [3.8, 4) is 0 Å². The van der Waals surface area contributed by atoms with Gasteiger partial charge in [0.05, 0.1) is 20.6 Å². The highest BCUT2D eigenvalue weighted by molar-refractivity contribution is 7.92. The second kappa shape index (κ2) is 14.4. The second-order valence-corrected chi connectivity index (χ2v) is 12.9. The Balaban J connectivity index is 2.10. The van der Waals surface area contributed by atoms with E-state index in [9.17, 15) is 18.0 Å². The maximum atomic E-state index is 14.1. The smallest absolute Gasteiger partial charge is 0.264 e. The van der Waals surface area contributed by atoms with Crippen LogP contribution in [0.4, 0.5) is 5.69 Å². The third kappa shape index (κ3) is 8.16. The number of halogens is 3. The average molecular weight is 639 g/mol. The summed E-state index contributed by atoms with van der Waals surface area (Å²) in [5.74, 6) is -0.907. The lowest BCUT2D eigenvalue weighted by Gasteiger charge is -2.34. The molecule has 0 radical (unpaired) electrons. The van der Waals surface area contributed by atoms with Gasteiger partial charge in [0.15, 0.2) is 0 Å². The summed E-state index contributed by atoms with van der Waals surface area (Å²) in [6, 6.07) is 16.8. The molecule has 0 aliphatic rings. The fourth-order valence-corrected chi connectivity index (χ4v) is 6.18. The Labute approximate surface area is 257 Å². The Hall–Kier alpha value is -2.78. The molecular weight excluding hydrogens is 605 g/mol. The number of sulfonamides is 1. The third-order valence-corrected chi connectivity index (χ3v) is 9.58. The first-order valence-corrected chi connectivity index (χ1v) is 15.8. The molecule has 7 nitrogen and oxygen atoms in total. The number of hydrogen-bond acceptors (Lipinski definition) is 4. The maximum absolute atomic E-state index is 14.1. The summed E-state index contributed by atoms with van der Waals surface area (Å²) in [5, 5.41) is 3.60. The van der Waals surface area contributed by atoms with Crippen molar-refractivity contribution in [2.24, 2.45) is 0 Å². The Morgan fingerprint density at radius 1 is 0.902 bits per heavy atom. The van der Waals surface area contributed by atoms with E-state index >= 15 is 0 Å². The van der Waals surface area contributed by atoms with Gasteiger partial charge in [0.2, 0.25) is 11.8 Å². The van der Waals surface area contributed by atoms with Crippen molar-refractivity contribution in [3.63, 3.8) is 0 Å². The molecule has 1 N–H and O–H groups in total. The molecule has 0 aromatic heterocycles. The first-order chi connectivity index (χ1) is 19.4. The van der Waals surface area contributed by atoms with Crippen molar-refractivity contribution in [1.82, 2.24) is 10.2 Å². The van der Waals surface area contributed by atoms with Gasteiger partial charge in [-0.2, -0.15) is 0 Å². The molecule has 0 spiro atoms. The largest absolute Gasteiger partial charge is 0.352 e. The van der Waals surface area contributed by atoms with E-state index in [1.54, 1.807) is 49.4 Å². The predicted octanol–water partition coefficient (Wildman–Crippen LogP) is 6.87. The molecule has 3 aromatic carbocycles. The van der Waals surface area contributed by atoms with E-state index in [0.29, 0.717) is 17.9 Å². The number of anilines is 1. The van der Waals surface area contributed by atoms with Crippen LogP contribution in [0.25, 0.3) is 0 Å². The molecule has 0 fully saturated rings. The van der Waals surface area contributed by atoms with Crippen molar-refractivity contribution < 1.29 is 18.0 Å². The average Bonchev–Trinajstić information content (AvgIpc) is 2.94. The molecule has 220 valence electrons. The second-order valence-electron chi connectivity index (χ2n) is 9.79. The van der Waals surface area contributed by atoms with E-state index in [1.807, 2.05) is 20.8 Å². The molecule has 0 bridgehead atoms. The fraction of sp³-hybridized carbons (Fsp3) is 0.333. The number of nitrogens with zero attached hydrogens (tertiary/aromatic N) is 2. The summed E-state index contributed by atoms with van der Waals surface area (Å²) in [7, 11) is -4.27. The van der Waals surface area contributed by atoms with Crippen LogP contribution in [0, 0.1) is 6.92 Å². The molecule has 3 aromatic rings. The Morgan fingerprint density at radius 3 is 2.12 bits per heavy atom. The topological polar surface area (TPSA) is 86.8 Å². The lowest BCUT2D eigenvalue weighted by Crippen LogP contribution is -2.53. The van der Waals surface area contributed by atoms with E-state index in [2.05, 4.69) is 5.32 Å². The fourth-order valence-electron chi connectivity index (χ4n) is 4.18. The van der Waals surface area contributed by atoms with E-state index in [0.717, 1.165) is 15.4 Å². The number of aryl methyl sites for hydroxylation is 1. The van der Waals surface area contributed by atoms with Crippen LogP contribution in [0.5, 0.6) is 0 Å². The molecule has 41 heavy (non-hydrogen) atoms. The predicted molar refractivity (Wildman–Crippen MR) is 166 cm³/mol. The molecule has 0 unspecified atom stereocenters. The summed E-state index contributed by atoms with van der Waals surface area (Å²) in [5.41, 5.74) is 1.66. The van der Waals surface area contributed by atoms with Gasteiger partial charge in [-0.25, -0.2) is 8.42 Å². The van der Waals surface area contributed by atoms with Gasteiger partial charge in [0.25, 0.3) is 10.0 Å². The zero-order valence-corrected chi connectivity index (χ0v) is 26.5. The van der Waals surface area contributed by atoms with Crippen LogP contribution in [0.2, 0.25) is 15.1 Å². The van der Waals surface area contributed by atoms with Crippen LogP contribution in [0.3, 0.4) is 0 Å². The van der Waals surface area contributed by atoms with Gasteiger partial charge in [-0.15, -0.1) is 0 Å². The first-order valence-electron chi connectivity index (χ1n) is 13.3. The van der Waals surface area contributed by atoms with Gasteiger partial charge in [-0.05, 0) is 68.7 Å². The maximum Gasteiger partial charge on any atom is 0.264 e. The summed E-state index contributed by atoms with van der Waals surface area (Å²) in [6.45, 7) is 6.92. The summed E-state index contributed by atoms with van der Waals surface area (Å²) >= 11 is 18.8. The lowest BCUT2D eigenvalue weighted by atomic mass is 10.1. The Kier molecular flexibility index (Phi) is 11.5. The summed E-state index contributed by atoms with van der Waals surface area (Å²) in [4.78, 5) is 28.9. The quantitative estimate of drug-likeness (QED) is 0.235. The Bertz CT molecular complexity index is 1470. The molecule has 0 aliphatic heterocycles. The number of hydrogen-bond donors (Lipinski definition) is 1. The van der Waals surface area contributed by atoms with E-state index < -0.39 is 28.5 Å². The van der Waals surface area contributed by atoms with Crippen LogP contribution >= 0.6 is 34.8 Å². The van der Waals surface area contributed by atoms with Gasteiger partial charge in [0, 0.05) is 17.6 Å². The number of carbonyl (C=O) groups is 2. The van der Waals surface area contributed by atoms with Crippen molar-refractivity contribution in [2.45, 2.75) is 64.1 Å². The van der Waals surface area contributed by atoms with Gasteiger partial charge in [-0.1, -0.05) is 84.5 Å². The normalized spacial score (nSPS) is 12.9. The number of rotatable bonds is 12. The molecule has 3 rings (SSSR count). The standard InChI is InChI=1S/C30H34Cl3N3O4S/c1-5-21(4)34-30(38)26(6-2)35(18-22-12-14-23(31)15-13-22)28(37)19-36(27-9-7-8-25(32)29(27)33)41(39,40)24-16-10-20(3)11-17-24/h7-17,21,26H,5-6,18-19H2,1-4H3,(H,34,38)/t21-,26-/m0/s1. The molecule has 2 atom stereocenters. The van der Waals surface area contributed by atoms with Gasteiger partial charge >= 0.3 is 0 Å². The highest BCUT2D eigenvalue weighted by Crippen LogP contribution is 2.35. The molecule has 0 heterocycles. The van der Waals surface area contributed by atoms with Crippen molar-refractivity contribution in [2.75, 3.05) is 10.8 Å². The molecular formula is C30H34Cl3N3O4S. The molecule has 2 amide bonds. The molecule has 11 heteroatoms. The third-order valence-electron chi connectivity index (χ3n) is 6.74. The number of nitrogens with one attached hydrogen (secondary N) is 1. The van der Waals surface area contributed by atoms with Crippen LogP contribution in [-0.4, -0.2) is 43.8 Å². The van der Waals surface area contributed by atoms with Crippen LogP contribution in [0.15, 0.2) is 71.6 Å². The monoisotopic (exact) mass is 637 g/mol. The number of benzene rings is 3.